The predicted octanol–water partition coefficient (Wildman–Crippen LogP) is 2.92. The molecular formula is C22H20FN5O4S. The van der Waals surface area contributed by atoms with Gasteiger partial charge in [0.2, 0.25) is 11.7 Å². The Labute approximate surface area is 191 Å². The number of aryl methyl sites for hydroxylation is 1. The Balaban J connectivity index is 1.39. The Morgan fingerprint density at radius 3 is 2.91 bits per heavy atom. The molecule has 1 fully saturated rings. The molecule has 0 bridgehead atoms. The molecule has 1 saturated heterocycles. The number of halogens is 1. The number of carbonyl (C=O) groups is 1. The van der Waals surface area contributed by atoms with Gasteiger partial charge in [0.25, 0.3) is 11.4 Å². The Hall–Kier alpha value is -3.44. The summed E-state index contributed by atoms with van der Waals surface area (Å²) in [7, 11) is 0. The van der Waals surface area contributed by atoms with Crippen molar-refractivity contribution in [2.45, 2.75) is 32.4 Å². The summed E-state index contributed by atoms with van der Waals surface area (Å²) in [6.45, 7) is 2.79. The van der Waals surface area contributed by atoms with E-state index >= 15 is 0 Å². The van der Waals surface area contributed by atoms with Crippen molar-refractivity contribution in [2.24, 2.45) is 0 Å². The summed E-state index contributed by atoms with van der Waals surface area (Å²) in [6, 6.07) is 5.76. The van der Waals surface area contributed by atoms with E-state index in [1.54, 1.807) is 19.1 Å². The first-order valence-corrected chi connectivity index (χ1v) is 11.3. The van der Waals surface area contributed by atoms with Crippen LogP contribution in [0, 0.1) is 12.7 Å². The van der Waals surface area contributed by atoms with Gasteiger partial charge in [0.15, 0.2) is 0 Å². The van der Waals surface area contributed by atoms with E-state index in [1.807, 2.05) is 0 Å². The van der Waals surface area contributed by atoms with Gasteiger partial charge in [-0.15, -0.1) is 11.3 Å². The third kappa shape index (κ3) is 4.29. The number of hydrogen-bond acceptors (Lipinski definition) is 8. The largest absolute Gasteiger partial charge is 0.376 e. The van der Waals surface area contributed by atoms with Crippen LogP contribution in [0.3, 0.4) is 0 Å². The van der Waals surface area contributed by atoms with Crippen molar-refractivity contribution in [3.8, 4) is 22.2 Å². The quantitative estimate of drug-likeness (QED) is 0.462. The number of nitrogens with zero attached hydrogens (tertiary/aromatic N) is 4. The molecule has 4 heterocycles. The van der Waals surface area contributed by atoms with Gasteiger partial charge in [-0.2, -0.15) is 4.98 Å². The highest BCUT2D eigenvalue weighted by Gasteiger charge is 2.21. The van der Waals surface area contributed by atoms with Crippen LogP contribution in [0.1, 0.15) is 18.4 Å². The van der Waals surface area contributed by atoms with Crippen LogP contribution in [0.5, 0.6) is 0 Å². The average Bonchev–Trinajstić information content (AvgIpc) is 3.55. The van der Waals surface area contributed by atoms with Crippen molar-refractivity contribution >= 4 is 27.5 Å². The number of carbonyl (C=O) groups excluding carboxylic acids is 1. The van der Waals surface area contributed by atoms with Crippen molar-refractivity contribution in [3.63, 3.8) is 0 Å². The number of fused-ring (bicyclic) bond motifs is 1. The molecular weight excluding hydrogens is 449 g/mol. The fourth-order valence-electron chi connectivity index (χ4n) is 3.75. The lowest BCUT2D eigenvalue weighted by Crippen LogP contribution is -2.36. The van der Waals surface area contributed by atoms with Gasteiger partial charge in [-0.3, -0.25) is 14.2 Å². The summed E-state index contributed by atoms with van der Waals surface area (Å²) in [5.74, 6) is -0.0707. The monoisotopic (exact) mass is 469 g/mol. The van der Waals surface area contributed by atoms with E-state index in [4.69, 9.17) is 9.26 Å². The number of aromatic nitrogens is 4. The van der Waals surface area contributed by atoms with Crippen LogP contribution in [0.4, 0.5) is 4.39 Å². The van der Waals surface area contributed by atoms with Crippen molar-refractivity contribution in [2.75, 3.05) is 13.2 Å². The maximum absolute atomic E-state index is 13.2. The van der Waals surface area contributed by atoms with E-state index in [2.05, 4.69) is 20.4 Å². The van der Waals surface area contributed by atoms with Gasteiger partial charge in [0, 0.05) is 18.7 Å². The molecule has 0 radical (unpaired) electrons. The van der Waals surface area contributed by atoms with Gasteiger partial charge in [-0.1, -0.05) is 5.16 Å². The third-order valence-electron chi connectivity index (χ3n) is 5.50. The standard InChI is InChI=1S/C22H20FN5O4S/c1-12-17-21(25-11-28(22(17)30)10-16(29)24-9-15-3-2-8-31-15)33-18(12)20-26-19(27-32-20)13-4-6-14(23)7-5-13/h4-7,11,15H,2-3,8-10H2,1H3,(H,24,29)/t15-/m1/s1. The molecule has 1 aliphatic rings. The van der Waals surface area contributed by atoms with Crippen molar-refractivity contribution in [3.05, 3.63) is 52.3 Å². The van der Waals surface area contributed by atoms with Crippen LogP contribution < -0.4 is 10.9 Å². The van der Waals surface area contributed by atoms with E-state index in [0.29, 0.717) is 45.2 Å². The zero-order valence-electron chi connectivity index (χ0n) is 17.7. The second-order valence-electron chi connectivity index (χ2n) is 7.78. The SMILES string of the molecule is Cc1c(-c2nc(-c3ccc(F)cc3)no2)sc2ncn(CC(=O)NC[C@H]3CCCO3)c(=O)c12. The van der Waals surface area contributed by atoms with Crippen molar-refractivity contribution in [1.82, 2.24) is 25.0 Å². The summed E-state index contributed by atoms with van der Waals surface area (Å²) in [5.41, 5.74) is 0.945. The van der Waals surface area contributed by atoms with Gasteiger partial charge in [0.1, 0.15) is 17.2 Å². The second-order valence-corrected chi connectivity index (χ2v) is 8.78. The van der Waals surface area contributed by atoms with Crippen molar-refractivity contribution in [1.29, 1.82) is 0 Å². The number of thiophene rings is 1. The Morgan fingerprint density at radius 1 is 1.33 bits per heavy atom. The maximum Gasteiger partial charge on any atom is 0.268 e. The molecule has 3 aromatic heterocycles. The van der Waals surface area contributed by atoms with E-state index in [-0.39, 0.29) is 35.8 Å². The molecule has 1 amide bonds. The van der Waals surface area contributed by atoms with Gasteiger partial charge >= 0.3 is 0 Å². The Morgan fingerprint density at radius 2 is 2.15 bits per heavy atom. The van der Waals surface area contributed by atoms with E-state index in [1.165, 1.54) is 34.4 Å². The Bertz CT molecular complexity index is 1370. The minimum absolute atomic E-state index is 0.0298. The topological polar surface area (TPSA) is 112 Å². The molecule has 33 heavy (non-hydrogen) atoms. The first-order chi connectivity index (χ1) is 16.0. The lowest BCUT2D eigenvalue weighted by atomic mass is 10.2. The highest BCUT2D eigenvalue weighted by molar-refractivity contribution is 7.22. The molecule has 0 unspecified atom stereocenters. The number of benzene rings is 1. The van der Waals surface area contributed by atoms with E-state index < -0.39 is 0 Å². The first kappa shape index (κ1) is 21.4. The zero-order chi connectivity index (χ0) is 22.9. The molecule has 1 N–H and O–H groups in total. The molecule has 170 valence electrons. The lowest BCUT2D eigenvalue weighted by molar-refractivity contribution is -0.122. The van der Waals surface area contributed by atoms with Gasteiger partial charge in [-0.05, 0) is 49.6 Å². The maximum atomic E-state index is 13.2. The fourth-order valence-corrected chi connectivity index (χ4v) is 4.81. The van der Waals surface area contributed by atoms with Crippen LogP contribution in [0.2, 0.25) is 0 Å². The number of amides is 1. The minimum atomic E-state index is -0.356. The third-order valence-corrected chi connectivity index (χ3v) is 6.69. The minimum Gasteiger partial charge on any atom is -0.376 e. The number of ether oxygens (including phenoxy) is 1. The summed E-state index contributed by atoms with van der Waals surface area (Å²) >= 11 is 1.26. The average molecular weight is 469 g/mol. The molecule has 1 atom stereocenters. The predicted molar refractivity (Wildman–Crippen MR) is 119 cm³/mol. The molecule has 5 rings (SSSR count). The van der Waals surface area contributed by atoms with E-state index in [0.717, 1.165) is 12.8 Å². The normalized spacial score (nSPS) is 15.9. The van der Waals surface area contributed by atoms with Crippen LogP contribution in [-0.4, -0.2) is 44.9 Å². The van der Waals surface area contributed by atoms with E-state index in [9.17, 15) is 14.0 Å². The molecule has 0 aliphatic carbocycles. The van der Waals surface area contributed by atoms with Gasteiger partial charge < -0.3 is 14.6 Å². The molecule has 0 spiro atoms. The van der Waals surface area contributed by atoms with Crippen LogP contribution in [0.15, 0.2) is 39.9 Å². The fraction of sp³-hybridized carbons (Fsp3) is 0.318. The summed E-state index contributed by atoms with van der Waals surface area (Å²) < 4.78 is 25.4. The van der Waals surface area contributed by atoms with Crippen LogP contribution >= 0.6 is 11.3 Å². The number of rotatable bonds is 6. The second kappa shape index (κ2) is 8.83. The highest BCUT2D eigenvalue weighted by atomic mass is 32.1. The first-order valence-electron chi connectivity index (χ1n) is 10.5. The Kier molecular flexibility index (Phi) is 5.73. The smallest absolute Gasteiger partial charge is 0.268 e. The number of hydrogen-bond donors (Lipinski definition) is 1. The van der Waals surface area contributed by atoms with Gasteiger partial charge in [0.05, 0.1) is 22.7 Å². The lowest BCUT2D eigenvalue weighted by Gasteiger charge is -2.11. The van der Waals surface area contributed by atoms with Gasteiger partial charge in [-0.25, -0.2) is 9.37 Å². The molecule has 1 aliphatic heterocycles. The zero-order valence-corrected chi connectivity index (χ0v) is 18.5. The molecule has 11 heteroatoms. The molecule has 9 nitrogen and oxygen atoms in total. The van der Waals surface area contributed by atoms with Crippen molar-refractivity contribution < 1.29 is 18.4 Å². The summed E-state index contributed by atoms with van der Waals surface area (Å²) in [6.07, 6.45) is 3.31. The highest BCUT2D eigenvalue weighted by Crippen LogP contribution is 2.35. The summed E-state index contributed by atoms with van der Waals surface area (Å²) in [5, 5.41) is 7.19. The molecule has 0 saturated carbocycles. The summed E-state index contributed by atoms with van der Waals surface area (Å²) in [4.78, 5) is 35.3. The molecule has 4 aromatic rings. The van der Waals surface area contributed by atoms with Crippen LogP contribution in [-0.2, 0) is 16.1 Å². The van der Waals surface area contributed by atoms with Crippen LogP contribution in [0.25, 0.3) is 32.4 Å². The number of nitrogens with one attached hydrogen (secondary N) is 1. The molecule has 1 aromatic carbocycles.